The van der Waals surface area contributed by atoms with Gasteiger partial charge in [0.1, 0.15) is 5.75 Å². The predicted molar refractivity (Wildman–Crippen MR) is 93.0 cm³/mol. The van der Waals surface area contributed by atoms with Crippen LogP contribution in [0.1, 0.15) is 17.3 Å². The van der Waals surface area contributed by atoms with E-state index in [0.29, 0.717) is 27.0 Å². The highest BCUT2D eigenvalue weighted by atomic mass is 35.5. The van der Waals surface area contributed by atoms with Crippen molar-refractivity contribution in [2.45, 2.75) is 6.92 Å². The number of nitrogens with one attached hydrogen (secondary N) is 1. The van der Waals surface area contributed by atoms with Gasteiger partial charge < -0.3 is 14.8 Å². The van der Waals surface area contributed by atoms with Gasteiger partial charge >= 0.3 is 5.97 Å². The fraction of sp³-hybridized carbons (Fsp3) is 0.176. The van der Waals surface area contributed by atoms with Crippen LogP contribution in [-0.4, -0.2) is 25.1 Å². The van der Waals surface area contributed by atoms with Crippen LogP contribution < -0.4 is 10.1 Å². The molecule has 1 amide bonds. The van der Waals surface area contributed by atoms with Crippen LogP contribution in [0.2, 0.25) is 10.0 Å². The lowest BCUT2D eigenvalue weighted by Crippen LogP contribution is -2.20. The van der Waals surface area contributed by atoms with Crippen molar-refractivity contribution in [1.29, 1.82) is 0 Å². The number of amides is 1. The molecule has 2 aromatic rings. The van der Waals surface area contributed by atoms with Gasteiger partial charge in [-0.25, -0.2) is 4.79 Å². The summed E-state index contributed by atoms with van der Waals surface area (Å²) in [7, 11) is 0. The van der Waals surface area contributed by atoms with Gasteiger partial charge in [-0.2, -0.15) is 0 Å². The van der Waals surface area contributed by atoms with E-state index < -0.39 is 5.97 Å². The van der Waals surface area contributed by atoms with Gasteiger partial charge in [-0.05, 0) is 43.3 Å². The first-order chi connectivity index (χ1) is 11.5. The Bertz CT molecular complexity index is 749. The number of hydrogen-bond donors (Lipinski definition) is 1. The third-order valence-electron chi connectivity index (χ3n) is 2.92. The molecule has 0 aliphatic carbocycles. The molecule has 1 N–H and O–H groups in total. The molecule has 0 fully saturated rings. The van der Waals surface area contributed by atoms with Gasteiger partial charge in [0.15, 0.2) is 6.61 Å². The van der Waals surface area contributed by atoms with E-state index in [9.17, 15) is 9.59 Å². The lowest BCUT2D eigenvalue weighted by Gasteiger charge is -2.09. The topological polar surface area (TPSA) is 64.6 Å². The zero-order valence-electron chi connectivity index (χ0n) is 12.8. The molecule has 2 rings (SSSR count). The summed E-state index contributed by atoms with van der Waals surface area (Å²) in [6, 6.07) is 11.2. The van der Waals surface area contributed by atoms with Crippen LogP contribution in [0, 0.1) is 0 Å². The van der Waals surface area contributed by atoms with Crippen LogP contribution in [0.5, 0.6) is 5.75 Å². The average molecular weight is 368 g/mol. The van der Waals surface area contributed by atoms with E-state index in [1.165, 1.54) is 6.07 Å². The fourth-order valence-electron chi connectivity index (χ4n) is 1.85. The summed E-state index contributed by atoms with van der Waals surface area (Å²) in [5, 5.41) is 3.39. The first-order valence-corrected chi connectivity index (χ1v) is 7.90. The molecule has 0 aliphatic heterocycles. The smallest absolute Gasteiger partial charge is 0.338 e. The highest BCUT2D eigenvalue weighted by Gasteiger charge is 2.09. The molecule has 0 bridgehead atoms. The molecule has 0 atom stereocenters. The number of hydrogen-bond acceptors (Lipinski definition) is 4. The van der Waals surface area contributed by atoms with Crippen LogP contribution in [0.4, 0.5) is 5.69 Å². The van der Waals surface area contributed by atoms with Gasteiger partial charge in [-0.1, -0.05) is 29.3 Å². The number of rotatable bonds is 6. The van der Waals surface area contributed by atoms with Crippen molar-refractivity contribution in [3.63, 3.8) is 0 Å². The Hall–Kier alpha value is -2.24. The molecule has 0 heterocycles. The Balaban J connectivity index is 1.92. The summed E-state index contributed by atoms with van der Waals surface area (Å²) < 4.78 is 10.3. The summed E-state index contributed by atoms with van der Waals surface area (Å²) >= 11 is 11.7. The standard InChI is InChI=1S/C17H15Cl2NO4/c1-2-23-17(22)11-4-3-5-13(8-11)24-10-16(21)20-12-6-7-14(18)15(19)9-12/h3-9H,2,10H2,1H3,(H,20,21). The zero-order valence-corrected chi connectivity index (χ0v) is 14.4. The van der Waals surface area contributed by atoms with Gasteiger partial charge in [0.05, 0.1) is 22.2 Å². The Morgan fingerprint density at radius 1 is 1.08 bits per heavy atom. The maximum atomic E-state index is 11.9. The van der Waals surface area contributed by atoms with E-state index in [2.05, 4.69) is 5.32 Å². The highest BCUT2D eigenvalue weighted by molar-refractivity contribution is 6.42. The molecule has 7 heteroatoms. The van der Waals surface area contributed by atoms with Crippen molar-refractivity contribution in [3.05, 3.63) is 58.1 Å². The summed E-state index contributed by atoms with van der Waals surface area (Å²) in [6.07, 6.45) is 0. The van der Waals surface area contributed by atoms with Crippen LogP contribution in [0.15, 0.2) is 42.5 Å². The summed E-state index contributed by atoms with van der Waals surface area (Å²) in [5.74, 6) is -0.414. The fourth-order valence-corrected chi connectivity index (χ4v) is 2.15. The van der Waals surface area contributed by atoms with Gasteiger partial charge in [-0.3, -0.25) is 4.79 Å². The first-order valence-electron chi connectivity index (χ1n) is 7.14. The molecule has 0 unspecified atom stereocenters. The molecule has 0 saturated heterocycles. The summed E-state index contributed by atoms with van der Waals surface area (Å²) in [4.78, 5) is 23.6. The van der Waals surface area contributed by atoms with Crippen molar-refractivity contribution >= 4 is 40.8 Å². The maximum Gasteiger partial charge on any atom is 0.338 e. The van der Waals surface area contributed by atoms with E-state index in [0.717, 1.165) is 0 Å². The summed E-state index contributed by atoms with van der Waals surface area (Å²) in [6.45, 7) is 1.80. The number of benzene rings is 2. The number of carbonyl (C=O) groups excluding carboxylic acids is 2. The Kier molecular flexibility index (Phi) is 6.46. The Morgan fingerprint density at radius 2 is 1.88 bits per heavy atom. The monoisotopic (exact) mass is 367 g/mol. The van der Waals surface area contributed by atoms with Gasteiger partial charge in [0, 0.05) is 5.69 Å². The van der Waals surface area contributed by atoms with Crippen molar-refractivity contribution in [3.8, 4) is 5.75 Å². The average Bonchev–Trinajstić information content (AvgIpc) is 2.57. The third kappa shape index (κ3) is 5.15. The number of carbonyl (C=O) groups is 2. The van der Waals surface area contributed by atoms with Crippen LogP contribution in [-0.2, 0) is 9.53 Å². The third-order valence-corrected chi connectivity index (χ3v) is 3.66. The van der Waals surface area contributed by atoms with Gasteiger partial charge in [-0.15, -0.1) is 0 Å². The first kappa shape index (κ1) is 18.1. The van der Waals surface area contributed by atoms with E-state index in [4.69, 9.17) is 32.7 Å². The molecule has 0 saturated carbocycles. The summed E-state index contributed by atoms with van der Waals surface area (Å²) in [5.41, 5.74) is 0.873. The Labute approximate surface area is 149 Å². The minimum Gasteiger partial charge on any atom is -0.484 e. The molecule has 126 valence electrons. The van der Waals surface area contributed by atoms with E-state index >= 15 is 0 Å². The zero-order chi connectivity index (χ0) is 17.5. The van der Waals surface area contributed by atoms with Crippen molar-refractivity contribution in [2.75, 3.05) is 18.5 Å². The Morgan fingerprint density at radius 3 is 2.58 bits per heavy atom. The van der Waals surface area contributed by atoms with Crippen molar-refractivity contribution in [2.24, 2.45) is 0 Å². The van der Waals surface area contributed by atoms with Crippen molar-refractivity contribution in [1.82, 2.24) is 0 Å². The molecule has 0 aromatic heterocycles. The molecule has 0 spiro atoms. The van der Waals surface area contributed by atoms with Crippen LogP contribution in [0.25, 0.3) is 0 Å². The number of esters is 1. The molecule has 24 heavy (non-hydrogen) atoms. The van der Waals surface area contributed by atoms with E-state index in [1.54, 1.807) is 43.3 Å². The second-order valence-corrected chi connectivity index (χ2v) is 5.53. The molecular formula is C17H15Cl2NO4. The normalized spacial score (nSPS) is 10.1. The minimum atomic E-state index is -0.441. The SMILES string of the molecule is CCOC(=O)c1cccc(OCC(=O)Nc2ccc(Cl)c(Cl)c2)c1. The number of halogens is 2. The largest absolute Gasteiger partial charge is 0.484 e. The highest BCUT2D eigenvalue weighted by Crippen LogP contribution is 2.25. The van der Waals surface area contributed by atoms with Crippen LogP contribution in [0.3, 0.4) is 0 Å². The molecule has 0 aliphatic rings. The quantitative estimate of drug-likeness (QED) is 0.777. The maximum absolute atomic E-state index is 11.9. The number of ether oxygens (including phenoxy) is 2. The predicted octanol–water partition coefficient (Wildman–Crippen LogP) is 4.19. The molecular weight excluding hydrogens is 353 g/mol. The second-order valence-electron chi connectivity index (χ2n) is 4.71. The van der Waals surface area contributed by atoms with E-state index in [1.807, 2.05) is 0 Å². The molecule has 5 nitrogen and oxygen atoms in total. The van der Waals surface area contributed by atoms with Gasteiger partial charge in [0.25, 0.3) is 5.91 Å². The number of anilines is 1. The lowest BCUT2D eigenvalue weighted by atomic mass is 10.2. The molecule has 0 radical (unpaired) electrons. The lowest BCUT2D eigenvalue weighted by molar-refractivity contribution is -0.118. The van der Waals surface area contributed by atoms with Crippen LogP contribution >= 0.6 is 23.2 Å². The minimum absolute atomic E-state index is 0.216. The van der Waals surface area contributed by atoms with E-state index in [-0.39, 0.29) is 19.1 Å². The molecule has 2 aromatic carbocycles. The van der Waals surface area contributed by atoms with Gasteiger partial charge in [0.2, 0.25) is 0 Å². The van der Waals surface area contributed by atoms with Crippen molar-refractivity contribution < 1.29 is 19.1 Å². The second kappa shape index (κ2) is 8.57.